The monoisotopic (exact) mass is 493 g/mol. The number of rotatable bonds is 9. The molecular weight excluding hydrogens is 468 g/mol. The minimum atomic E-state index is -2.90. The quantitative estimate of drug-likeness (QED) is 0.405. The van der Waals surface area contributed by atoms with Crippen LogP contribution in [0.25, 0.3) is 11.2 Å². The topological polar surface area (TPSA) is 133 Å². The third kappa shape index (κ3) is 4.85. The summed E-state index contributed by atoms with van der Waals surface area (Å²) in [5, 5.41) is 24.1. The van der Waals surface area contributed by atoms with Gasteiger partial charge in [-0.15, -0.1) is 0 Å². The molecule has 2 aromatic heterocycles. The first-order valence-corrected chi connectivity index (χ1v) is 11.1. The van der Waals surface area contributed by atoms with Crippen molar-refractivity contribution in [2.75, 3.05) is 25.1 Å². The van der Waals surface area contributed by atoms with E-state index in [1.54, 1.807) is 23.6 Å². The normalized spacial score (nSPS) is 24.6. The van der Waals surface area contributed by atoms with Crippen LogP contribution in [0.2, 0.25) is 0 Å². The van der Waals surface area contributed by atoms with Crippen LogP contribution < -0.4 is 14.8 Å². The van der Waals surface area contributed by atoms with E-state index in [9.17, 15) is 19.0 Å². The summed E-state index contributed by atoms with van der Waals surface area (Å²) < 4.78 is 47.6. The number of hydrogen-bond donors (Lipinski definition) is 3. The van der Waals surface area contributed by atoms with Gasteiger partial charge < -0.3 is 34.5 Å². The summed E-state index contributed by atoms with van der Waals surface area (Å²) in [5.74, 6) is 0.945. The summed E-state index contributed by atoms with van der Waals surface area (Å²) >= 11 is 0. The number of aromatic nitrogens is 4. The lowest BCUT2D eigenvalue weighted by Crippen LogP contribution is -2.35. The van der Waals surface area contributed by atoms with Crippen LogP contribution in [0.4, 0.5) is 14.7 Å². The number of ether oxygens (including phenoxy) is 4. The summed E-state index contributed by atoms with van der Waals surface area (Å²) in [4.78, 5) is 13.1. The van der Waals surface area contributed by atoms with Gasteiger partial charge >= 0.3 is 6.61 Å². The molecule has 11 nitrogen and oxygen atoms in total. The molecule has 1 aromatic carbocycles. The van der Waals surface area contributed by atoms with Gasteiger partial charge in [-0.1, -0.05) is 12.1 Å². The van der Waals surface area contributed by atoms with Crippen LogP contribution in [-0.2, 0) is 16.1 Å². The van der Waals surface area contributed by atoms with E-state index in [-0.39, 0.29) is 18.2 Å². The van der Waals surface area contributed by atoms with Crippen LogP contribution in [0, 0.1) is 5.92 Å². The number of benzene rings is 1. The van der Waals surface area contributed by atoms with Gasteiger partial charge in [-0.3, -0.25) is 4.57 Å². The maximum atomic E-state index is 12.4. The molecule has 3 N–H and O–H groups in total. The lowest BCUT2D eigenvalue weighted by atomic mass is 10.1. The molecule has 4 atom stereocenters. The Labute approximate surface area is 198 Å². The third-order valence-corrected chi connectivity index (χ3v) is 5.96. The van der Waals surface area contributed by atoms with Crippen molar-refractivity contribution >= 4 is 17.1 Å². The van der Waals surface area contributed by atoms with E-state index >= 15 is 0 Å². The fraction of sp³-hybridized carbons (Fsp3) is 0.500. The van der Waals surface area contributed by atoms with Gasteiger partial charge in [0.05, 0.1) is 19.3 Å². The second-order valence-electron chi connectivity index (χ2n) is 8.46. The van der Waals surface area contributed by atoms with Crippen molar-refractivity contribution in [2.45, 2.75) is 44.7 Å². The summed E-state index contributed by atoms with van der Waals surface area (Å²) in [6.45, 7) is 0.733. The van der Waals surface area contributed by atoms with Gasteiger partial charge in [0.2, 0.25) is 11.8 Å². The van der Waals surface area contributed by atoms with Crippen LogP contribution in [0.15, 0.2) is 30.6 Å². The summed E-state index contributed by atoms with van der Waals surface area (Å²) in [6.07, 6.45) is -2.46. The maximum absolute atomic E-state index is 12.4. The highest BCUT2D eigenvalue weighted by atomic mass is 19.3. The van der Waals surface area contributed by atoms with Gasteiger partial charge in [0.15, 0.2) is 17.4 Å². The Morgan fingerprint density at radius 3 is 2.57 bits per heavy atom. The molecule has 0 aliphatic carbocycles. The Hall–Kier alpha value is -3.13. The average Bonchev–Trinajstić information content (AvgIpc) is 3.29. The standard InChI is InChI=1S/C22H25F2N5O6/c1-11-16(30)17(31)20(34-11)29-18-15(28-22(29)25-6-13-7-32-8-13)19(27-10-26-18)33-9-12-2-4-14(5-3-12)35-21(23)24/h2-5,10-11,13,16-17,20-21,30-31H,6-9H2,1H3,(H,25,28)/t11-,16-,17-,20-/m1/s1. The molecule has 0 radical (unpaired) electrons. The molecule has 13 heteroatoms. The summed E-state index contributed by atoms with van der Waals surface area (Å²) in [5.41, 5.74) is 1.39. The molecule has 188 valence electrons. The lowest BCUT2D eigenvalue weighted by molar-refractivity contribution is -0.0498. The van der Waals surface area contributed by atoms with Crippen molar-refractivity contribution in [3.05, 3.63) is 36.2 Å². The summed E-state index contributed by atoms with van der Waals surface area (Å²) in [6, 6.07) is 6.06. The molecule has 0 saturated carbocycles. The Kier molecular flexibility index (Phi) is 6.65. The van der Waals surface area contributed by atoms with Crippen molar-refractivity contribution in [1.29, 1.82) is 0 Å². The number of nitrogens with zero attached hydrogens (tertiary/aromatic N) is 4. The van der Waals surface area contributed by atoms with Crippen molar-refractivity contribution in [1.82, 2.24) is 19.5 Å². The highest BCUT2D eigenvalue weighted by Crippen LogP contribution is 2.36. The molecule has 2 fully saturated rings. The Morgan fingerprint density at radius 1 is 1.17 bits per heavy atom. The predicted molar refractivity (Wildman–Crippen MR) is 117 cm³/mol. The van der Waals surface area contributed by atoms with E-state index in [0.717, 1.165) is 0 Å². The minimum absolute atomic E-state index is 0.0473. The maximum Gasteiger partial charge on any atom is 0.387 e. The molecule has 4 heterocycles. The van der Waals surface area contributed by atoms with Crippen LogP contribution in [0.3, 0.4) is 0 Å². The summed E-state index contributed by atoms with van der Waals surface area (Å²) in [7, 11) is 0. The van der Waals surface area contributed by atoms with Gasteiger partial charge in [-0.25, -0.2) is 9.97 Å². The molecule has 2 saturated heterocycles. The molecule has 2 aliphatic heterocycles. The first kappa shape index (κ1) is 23.6. The van der Waals surface area contributed by atoms with E-state index in [0.29, 0.717) is 48.4 Å². The molecule has 0 spiro atoms. The number of anilines is 1. The Bertz CT molecular complexity index is 1160. The number of nitrogens with one attached hydrogen (secondary N) is 1. The number of aliphatic hydroxyl groups excluding tert-OH is 2. The van der Waals surface area contributed by atoms with Crippen molar-refractivity contribution in [3.8, 4) is 11.6 Å². The smallest absolute Gasteiger partial charge is 0.387 e. The van der Waals surface area contributed by atoms with E-state index < -0.39 is 31.2 Å². The van der Waals surface area contributed by atoms with Crippen molar-refractivity contribution in [2.24, 2.45) is 5.92 Å². The van der Waals surface area contributed by atoms with Gasteiger partial charge in [0.25, 0.3) is 0 Å². The average molecular weight is 493 g/mol. The molecule has 2 aliphatic rings. The van der Waals surface area contributed by atoms with Crippen LogP contribution in [-0.4, -0.2) is 74.4 Å². The van der Waals surface area contributed by atoms with Crippen LogP contribution in [0.1, 0.15) is 18.7 Å². The highest BCUT2D eigenvalue weighted by molar-refractivity contribution is 5.79. The molecule has 0 amide bonds. The predicted octanol–water partition coefficient (Wildman–Crippen LogP) is 1.70. The van der Waals surface area contributed by atoms with Crippen molar-refractivity contribution in [3.63, 3.8) is 0 Å². The molecular formula is C22H25F2N5O6. The highest BCUT2D eigenvalue weighted by Gasteiger charge is 2.43. The number of hydrogen-bond acceptors (Lipinski definition) is 10. The van der Waals surface area contributed by atoms with E-state index in [1.165, 1.54) is 18.5 Å². The van der Waals surface area contributed by atoms with E-state index in [4.69, 9.17) is 14.2 Å². The van der Waals surface area contributed by atoms with E-state index in [1.807, 2.05) is 0 Å². The zero-order valence-corrected chi connectivity index (χ0v) is 18.8. The molecule has 5 rings (SSSR count). The first-order chi connectivity index (χ1) is 16.9. The number of imidazole rings is 1. The van der Waals surface area contributed by atoms with Gasteiger partial charge in [0.1, 0.15) is 30.9 Å². The first-order valence-electron chi connectivity index (χ1n) is 11.1. The molecule has 35 heavy (non-hydrogen) atoms. The van der Waals surface area contributed by atoms with Gasteiger partial charge in [-0.05, 0) is 24.6 Å². The zero-order valence-electron chi connectivity index (χ0n) is 18.8. The second-order valence-corrected chi connectivity index (χ2v) is 8.46. The van der Waals surface area contributed by atoms with Crippen LogP contribution >= 0.6 is 0 Å². The molecule has 0 bridgehead atoms. The Balaban J connectivity index is 1.41. The SMILES string of the molecule is C[C@H]1O[C@@H](n2c(NCC3COC3)nc3c(OCc4ccc(OC(F)F)cc4)ncnc32)[C@H](O)[C@@H]1O. The van der Waals surface area contributed by atoms with Gasteiger partial charge in [-0.2, -0.15) is 13.8 Å². The zero-order chi connectivity index (χ0) is 24.5. The second kappa shape index (κ2) is 9.85. The number of halogens is 2. The number of aliphatic hydroxyl groups is 2. The number of alkyl halides is 2. The van der Waals surface area contributed by atoms with Crippen LogP contribution in [0.5, 0.6) is 11.6 Å². The third-order valence-electron chi connectivity index (χ3n) is 5.96. The largest absolute Gasteiger partial charge is 0.471 e. The van der Waals surface area contributed by atoms with E-state index in [2.05, 4.69) is 25.0 Å². The molecule has 0 unspecified atom stereocenters. The fourth-order valence-electron chi connectivity index (χ4n) is 3.96. The lowest BCUT2D eigenvalue weighted by Gasteiger charge is -2.27. The van der Waals surface area contributed by atoms with Gasteiger partial charge in [0, 0.05) is 12.5 Å². The fourth-order valence-corrected chi connectivity index (χ4v) is 3.96. The Morgan fingerprint density at radius 2 is 1.94 bits per heavy atom. The van der Waals surface area contributed by atoms with Crippen molar-refractivity contribution < 1.29 is 37.9 Å². The minimum Gasteiger partial charge on any atom is -0.471 e. The molecule has 3 aromatic rings. The number of fused-ring (bicyclic) bond motifs is 1.